The number of rotatable bonds is 10. The Labute approximate surface area is 166 Å². The summed E-state index contributed by atoms with van der Waals surface area (Å²) < 4.78 is 26.5. The zero-order valence-corrected chi connectivity index (χ0v) is 17.7. The molecule has 0 bridgehead atoms. The topological polar surface area (TPSA) is 145 Å². The van der Waals surface area contributed by atoms with Crippen molar-refractivity contribution in [1.29, 1.82) is 0 Å². The van der Waals surface area contributed by atoms with E-state index < -0.39 is 23.9 Å². The van der Waals surface area contributed by atoms with Gasteiger partial charge in [-0.05, 0) is 30.2 Å². The van der Waals surface area contributed by atoms with Crippen LogP contribution in [-0.2, 0) is 9.30 Å². The van der Waals surface area contributed by atoms with Crippen molar-refractivity contribution in [2.45, 2.75) is 26.4 Å². The van der Waals surface area contributed by atoms with Gasteiger partial charge in [-0.15, -0.1) is 0 Å². The number of hydrogen-bond acceptors (Lipinski definition) is 8. The minimum atomic E-state index is -4.12. The number of methoxy groups -OCH3 is 2. The number of carbonyl (C=O) groups is 1. The molecule has 0 aliphatic heterocycles. The van der Waals surface area contributed by atoms with Crippen molar-refractivity contribution in [3.63, 3.8) is 0 Å². The standard InChI is InChI=1S/C16H24NO9PS/c1-10(2)15(26-16(18)28-7-5-6-27(21,22)23)11-8-13(24-3)14(25-4)9-12(11)17(19)20/h8-10,15H,5-7H2,1-4H3,(H2,21,22,23). The number of nitrogens with zero attached hydrogens (tertiary/aromatic N) is 1. The second-order valence-corrected chi connectivity index (χ2v) is 8.95. The Morgan fingerprint density at radius 1 is 1.25 bits per heavy atom. The molecule has 0 radical (unpaired) electrons. The fourth-order valence-electron chi connectivity index (χ4n) is 2.39. The molecule has 0 saturated carbocycles. The van der Waals surface area contributed by atoms with Gasteiger partial charge in [-0.3, -0.25) is 14.7 Å². The minimum Gasteiger partial charge on any atom is -0.493 e. The van der Waals surface area contributed by atoms with Gasteiger partial charge in [-0.2, -0.15) is 0 Å². The van der Waals surface area contributed by atoms with Gasteiger partial charge in [-0.25, -0.2) is 4.79 Å². The molecule has 0 saturated heterocycles. The van der Waals surface area contributed by atoms with E-state index in [0.717, 1.165) is 11.8 Å². The zero-order valence-electron chi connectivity index (χ0n) is 16.0. The SMILES string of the molecule is COc1cc(C(OC(=O)SCCCP(=O)(O)O)C(C)C)c([N+](=O)[O-])cc1OC. The lowest BCUT2D eigenvalue weighted by atomic mass is 9.97. The second kappa shape index (κ2) is 10.7. The predicted molar refractivity (Wildman–Crippen MR) is 104 cm³/mol. The van der Waals surface area contributed by atoms with Crippen LogP contribution in [0.5, 0.6) is 11.5 Å². The van der Waals surface area contributed by atoms with E-state index in [2.05, 4.69) is 0 Å². The van der Waals surface area contributed by atoms with Gasteiger partial charge in [0.1, 0.15) is 6.10 Å². The first-order valence-corrected chi connectivity index (χ1v) is 11.1. The Bertz CT molecular complexity index is 750. The summed E-state index contributed by atoms with van der Waals surface area (Å²) in [5.74, 6) is 0.317. The normalized spacial score (nSPS) is 12.5. The molecule has 10 nitrogen and oxygen atoms in total. The third-order valence-corrected chi connectivity index (χ3v) is 5.40. The van der Waals surface area contributed by atoms with Gasteiger partial charge in [-0.1, -0.05) is 13.8 Å². The lowest BCUT2D eigenvalue weighted by molar-refractivity contribution is -0.386. The molecule has 0 spiro atoms. The molecule has 1 unspecified atom stereocenters. The van der Waals surface area contributed by atoms with Crippen molar-refractivity contribution in [1.82, 2.24) is 0 Å². The summed E-state index contributed by atoms with van der Waals surface area (Å²) in [5, 5.41) is 10.8. The molecule has 0 heterocycles. The van der Waals surface area contributed by atoms with Crippen molar-refractivity contribution < 1.29 is 38.3 Å². The van der Waals surface area contributed by atoms with Gasteiger partial charge in [0.15, 0.2) is 11.5 Å². The summed E-state index contributed by atoms with van der Waals surface area (Å²) in [6.45, 7) is 3.49. The predicted octanol–water partition coefficient (Wildman–Crippen LogP) is 3.75. The maximum Gasteiger partial charge on any atom is 0.367 e. The molecule has 0 aliphatic carbocycles. The van der Waals surface area contributed by atoms with Gasteiger partial charge < -0.3 is 24.0 Å². The molecule has 0 fully saturated rings. The van der Waals surface area contributed by atoms with Gasteiger partial charge in [0.25, 0.3) is 5.69 Å². The van der Waals surface area contributed by atoms with Crippen molar-refractivity contribution in [2.24, 2.45) is 5.92 Å². The van der Waals surface area contributed by atoms with E-state index in [-0.39, 0.29) is 47.0 Å². The van der Waals surface area contributed by atoms with Crippen molar-refractivity contribution in [3.8, 4) is 11.5 Å². The van der Waals surface area contributed by atoms with Crippen LogP contribution in [0.4, 0.5) is 10.5 Å². The molecule has 1 aromatic carbocycles. The maximum atomic E-state index is 12.1. The van der Waals surface area contributed by atoms with E-state index in [4.69, 9.17) is 24.0 Å². The van der Waals surface area contributed by atoms with Crippen molar-refractivity contribution >= 4 is 30.3 Å². The van der Waals surface area contributed by atoms with Crippen LogP contribution in [0.1, 0.15) is 31.9 Å². The number of benzene rings is 1. The first kappa shape index (κ1) is 24.2. The van der Waals surface area contributed by atoms with E-state index in [0.29, 0.717) is 0 Å². The van der Waals surface area contributed by atoms with E-state index in [9.17, 15) is 19.5 Å². The highest BCUT2D eigenvalue weighted by Crippen LogP contribution is 2.41. The third-order valence-electron chi connectivity index (χ3n) is 3.68. The number of nitro groups is 1. The Hall–Kier alpha value is -1.81. The molecule has 1 atom stereocenters. The van der Waals surface area contributed by atoms with Crippen molar-refractivity contribution in [2.75, 3.05) is 26.1 Å². The van der Waals surface area contributed by atoms with E-state index in [1.165, 1.54) is 26.4 Å². The van der Waals surface area contributed by atoms with Gasteiger partial charge >= 0.3 is 12.9 Å². The molecule has 1 aromatic rings. The fraction of sp³-hybridized carbons (Fsp3) is 0.562. The fourth-order valence-corrected chi connectivity index (χ4v) is 3.80. The highest BCUT2D eigenvalue weighted by Gasteiger charge is 2.30. The Morgan fingerprint density at radius 2 is 1.82 bits per heavy atom. The van der Waals surface area contributed by atoms with E-state index in [1.807, 2.05) is 0 Å². The largest absolute Gasteiger partial charge is 0.493 e. The van der Waals surface area contributed by atoms with Gasteiger partial charge in [0.2, 0.25) is 0 Å². The number of thioether (sulfide) groups is 1. The lowest BCUT2D eigenvalue weighted by Crippen LogP contribution is -2.16. The monoisotopic (exact) mass is 437 g/mol. The lowest BCUT2D eigenvalue weighted by Gasteiger charge is -2.22. The van der Waals surface area contributed by atoms with Crippen LogP contribution in [0.2, 0.25) is 0 Å². The first-order valence-electron chi connectivity index (χ1n) is 8.28. The molecule has 2 N–H and O–H groups in total. The molecule has 158 valence electrons. The summed E-state index contributed by atoms with van der Waals surface area (Å²) in [4.78, 5) is 40.7. The Kier molecular flexibility index (Phi) is 9.22. The van der Waals surface area contributed by atoms with Gasteiger partial charge in [0, 0.05) is 5.75 Å². The smallest absolute Gasteiger partial charge is 0.367 e. The Balaban J connectivity index is 3.03. The highest BCUT2D eigenvalue weighted by molar-refractivity contribution is 8.13. The zero-order chi connectivity index (χ0) is 21.5. The Morgan fingerprint density at radius 3 is 2.29 bits per heavy atom. The number of ether oxygens (including phenoxy) is 3. The quantitative estimate of drug-likeness (QED) is 0.182. The molecule has 0 amide bonds. The maximum absolute atomic E-state index is 12.1. The minimum absolute atomic E-state index is 0.132. The summed E-state index contributed by atoms with van der Waals surface area (Å²) >= 11 is 0.759. The van der Waals surface area contributed by atoms with Crippen LogP contribution < -0.4 is 9.47 Å². The molecule has 1 rings (SSSR count). The van der Waals surface area contributed by atoms with Crippen LogP contribution in [0, 0.1) is 16.0 Å². The number of nitro benzene ring substituents is 1. The third kappa shape index (κ3) is 7.31. The van der Waals surface area contributed by atoms with Crippen LogP contribution >= 0.6 is 19.4 Å². The van der Waals surface area contributed by atoms with Gasteiger partial charge in [0.05, 0.1) is 36.9 Å². The summed E-state index contributed by atoms with van der Waals surface area (Å²) in [6, 6.07) is 2.62. The van der Waals surface area contributed by atoms with E-state index >= 15 is 0 Å². The summed E-state index contributed by atoms with van der Waals surface area (Å²) in [5.41, 5.74) is -0.0996. The molecule has 28 heavy (non-hydrogen) atoms. The van der Waals surface area contributed by atoms with Crippen LogP contribution in [0.3, 0.4) is 0 Å². The molecule has 0 aliphatic rings. The van der Waals surface area contributed by atoms with Crippen LogP contribution in [0.25, 0.3) is 0 Å². The number of hydrogen-bond donors (Lipinski definition) is 2. The highest BCUT2D eigenvalue weighted by atomic mass is 32.2. The summed E-state index contributed by atoms with van der Waals surface area (Å²) in [7, 11) is -1.37. The molecular weight excluding hydrogens is 413 g/mol. The van der Waals surface area contributed by atoms with Crippen molar-refractivity contribution in [3.05, 3.63) is 27.8 Å². The second-order valence-electron chi connectivity index (χ2n) is 6.15. The summed E-state index contributed by atoms with van der Waals surface area (Å²) in [6.07, 6.45) is -1.11. The average Bonchev–Trinajstić information content (AvgIpc) is 2.61. The first-order chi connectivity index (χ1) is 13.0. The molecule has 0 aromatic heterocycles. The van der Waals surface area contributed by atoms with Crippen LogP contribution in [0.15, 0.2) is 12.1 Å². The molecule has 12 heteroatoms. The van der Waals surface area contributed by atoms with Crippen LogP contribution in [-0.4, -0.2) is 46.1 Å². The average molecular weight is 437 g/mol. The van der Waals surface area contributed by atoms with E-state index in [1.54, 1.807) is 13.8 Å². The number of carbonyl (C=O) groups excluding carboxylic acids is 1. The molecular formula is C16H24NO9PS.